The highest BCUT2D eigenvalue weighted by atomic mass is 35.5. The molecule has 11 heteroatoms. The maximum absolute atomic E-state index is 12.6. The van der Waals surface area contributed by atoms with E-state index in [0.717, 1.165) is 35.1 Å². The molecule has 0 aliphatic carbocycles. The molecule has 1 aliphatic heterocycles. The van der Waals surface area contributed by atoms with Crippen molar-refractivity contribution in [1.82, 2.24) is 5.01 Å². The van der Waals surface area contributed by atoms with Crippen LogP contribution in [0.2, 0.25) is 10.0 Å². The standard InChI is InChI=1S/C17H9Cl2N3O4S2/c18-11-2-1-9(13(19)7-11)6-15-16(24)21(17(27)28-15)20-8-10-5-12(22(25)26)3-4-14(10)23/h1-8,23H/b15-6-,20-8-. The summed E-state index contributed by atoms with van der Waals surface area (Å²) in [6.07, 6.45) is 2.70. The van der Waals surface area contributed by atoms with Gasteiger partial charge in [0.25, 0.3) is 11.6 Å². The summed E-state index contributed by atoms with van der Waals surface area (Å²) in [6, 6.07) is 8.33. The first kappa shape index (κ1) is 20.3. The number of hydrogen-bond donors (Lipinski definition) is 1. The Morgan fingerprint density at radius 3 is 2.64 bits per heavy atom. The lowest BCUT2D eigenvalue weighted by molar-refractivity contribution is -0.384. The third kappa shape index (κ3) is 4.33. The number of halogens is 2. The average molecular weight is 454 g/mol. The van der Waals surface area contributed by atoms with Gasteiger partial charge in [-0.3, -0.25) is 14.9 Å². The number of thiocarbonyl (C=S) groups is 1. The van der Waals surface area contributed by atoms with Crippen LogP contribution in [0.25, 0.3) is 6.08 Å². The number of thioether (sulfide) groups is 1. The molecule has 1 amide bonds. The van der Waals surface area contributed by atoms with Crippen LogP contribution < -0.4 is 0 Å². The molecule has 1 fully saturated rings. The van der Waals surface area contributed by atoms with Crippen molar-refractivity contribution in [3.05, 3.63) is 72.6 Å². The Kier molecular flexibility index (Phi) is 5.99. The van der Waals surface area contributed by atoms with Gasteiger partial charge in [0.05, 0.1) is 16.0 Å². The fraction of sp³-hybridized carbons (Fsp3) is 0. The predicted octanol–water partition coefficient (Wildman–Crippen LogP) is 4.84. The average Bonchev–Trinajstić information content (AvgIpc) is 2.90. The summed E-state index contributed by atoms with van der Waals surface area (Å²) in [4.78, 5) is 23.1. The highest BCUT2D eigenvalue weighted by Gasteiger charge is 2.32. The lowest BCUT2D eigenvalue weighted by Gasteiger charge is -2.06. The number of carbonyl (C=O) groups is 1. The third-order valence-electron chi connectivity index (χ3n) is 3.56. The van der Waals surface area contributed by atoms with Gasteiger partial charge in [0.15, 0.2) is 4.32 Å². The fourth-order valence-electron chi connectivity index (χ4n) is 2.20. The minimum Gasteiger partial charge on any atom is -0.507 e. The lowest BCUT2D eigenvalue weighted by Crippen LogP contribution is -2.22. The maximum atomic E-state index is 12.6. The molecule has 1 N–H and O–H groups in total. The van der Waals surface area contributed by atoms with Crippen LogP contribution in [0.4, 0.5) is 5.69 Å². The topological polar surface area (TPSA) is 96.0 Å². The van der Waals surface area contributed by atoms with E-state index in [0.29, 0.717) is 20.5 Å². The van der Waals surface area contributed by atoms with E-state index in [1.807, 2.05) is 0 Å². The van der Waals surface area contributed by atoms with Crippen molar-refractivity contribution in [1.29, 1.82) is 0 Å². The van der Waals surface area contributed by atoms with E-state index in [2.05, 4.69) is 5.10 Å². The van der Waals surface area contributed by atoms with Gasteiger partial charge in [-0.2, -0.15) is 10.1 Å². The Morgan fingerprint density at radius 1 is 1.21 bits per heavy atom. The van der Waals surface area contributed by atoms with E-state index in [1.165, 1.54) is 6.07 Å². The van der Waals surface area contributed by atoms with Crippen LogP contribution in [0.1, 0.15) is 11.1 Å². The zero-order valence-corrected chi connectivity index (χ0v) is 16.8. The summed E-state index contributed by atoms with van der Waals surface area (Å²) in [5.74, 6) is -0.703. The molecular formula is C17H9Cl2N3O4S2. The highest BCUT2D eigenvalue weighted by molar-refractivity contribution is 8.26. The van der Waals surface area contributed by atoms with Gasteiger partial charge in [0.2, 0.25) is 0 Å². The molecule has 1 aliphatic rings. The number of nitrogens with zero attached hydrogens (tertiary/aromatic N) is 3. The zero-order chi connectivity index (χ0) is 20.4. The first-order valence-corrected chi connectivity index (χ1v) is 9.49. The van der Waals surface area contributed by atoms with Gasteiger partial charge >= 0.3 is 0 Å². The van der Waals surface area contributed by atoms with Crippen molar-refractivity contribution >= 4 is 75.4 Å². The molecule has 0 unspecified atom stereocenters. The number of hydrazone groups is 1. The number of phenolic OH excluding ortho intramolecular Hbond substituents is 1. The number of non-ortho nitro benzene ring substituents is 1. The van der Waals surface area contributed by atoms with Gasteiger partial charge in [0, 0.05) is 27.7 Å². The van der Waals surface area contributed by atoms with E-state index in [9.17, 15) is 20.0 Å². The second-order valence-corrected chi connectivity index (χ2v) is 7.92. The minimum atomic E-state index is -0.602. The molecule has 2 aromatic rings. The summed E-state index contributed by atoms with van der Waals surface area (Å²) >= 11 is 18.2. The molecule has 2 aromatic carbocycles. The van der Waals surface area contributed by atoms with Gasteiger partial charge in [-0.15, -0.1) is 0 Å². The SMILES string of the molecule is O=C1/C(=C/c2ccc(Cl)cc2Cl)SC(=S)N1/N=C\c1cc([N+](=O)[O-])ccc1O. The zero-order valence-electron chi connectivity index (χ0n) is 13.7. The summed E-state index contributed by atoms with van der Waals surface area (Å²) in [7, 11) is 0. The van der Waals surface area contributed by atoms with E-state index in [1.54, 1.807) is 24.3 Å². The smallest absolute Gasteiger partial charge is 0.286 e. The number of rotatable bonds is 4. The Morgan fingerprint density at radius 2 is 1.96 bits per heavy atom. The van der Waals surface area contributed by atoms with E-state index >= 15 is 0 Å². The molecule has 7 nitrogen and oxygen atoms in total. The quantitative estimate of drug-likeness (QED) is 0.234. The number of carbonyl (C=O) groups excluding carboxylic acids is 1. The number of aromatic hydroxyl groups is 1. The number of phenols is 1. The molecule has 28 heavy (non-hydrogen) atoms. The number of nitro benzene ring substituents is 1. The Balaban J connectivity index is 1.86. The van der Waals surface area contributed by atoms with Crippen LogP contribution in [0.15, 0.2) is 46.4 Å². The molecule has 0 bridgehead atoms. The van der Waals surface area contributed by atoms with Crippen LogP contribution in [0, 0.1) is 10.1 Å². The molecule has 1 heterocycles. The van der Waals surface area contributed by atoms with Crippen LogP contribution in [-0.2, 0) is 4.79 Å². The van der Waals surface area contributed by atoms with Crippen molar-refractivity contribution < 1.29 is 14.8 Å². The lowest BCUT2D eigenvalue weighted by atomic mass is 10.2. The predicted molar refractivity (Wildman–Crippen MR) is 114 cm³/mol. The second-order valence-electron chi connectivity index (χ2n) is 5.40. The third-order valence-corrected chi connectivity index (χ3v) is 5.40. The minimum absolute atomic E-state index is 0.0768. The Hall–Kier alpha value is -2.46. The fourth-order valence-corrected chi connectivity index (χ4v) is 3.82. The van der Waals surface area contributed by atoms with Crippen molar-refractivity contribution in [3.63, 3.8) is 0 Å². The van der Waals surface area contributed by atoms with Crippen LogP contribution in [-0.4, -0.2) is 31.5 Å². The van der Waals surface area contributed by atoms with Gasteiger partial charge in [-0.1, -0.05) is 41.0 Å². The molecule has 142 valence electrons. The Labute approximate surface area is 178 Å². The molecule has 0 aromatic heterocycles. The Bertz CT molecular complexity index is 1070. The number of hydrogen-bond acceptors (Lipinski definition) is 7. The van der Waals surface area contributed by atoms with Crippen LogP contribution in [0.5, 0.6) is 5.75 Å². The summed E-state index contributed by atoms with van der Waals surface area (Å²) in [5.41, 5.74) is 0.446. The second kappa shape index (κ2) is 8.27. The molecule has 0 spiro atoms. The maximum Gasteiger partial charge on any atom is 0.286 e. The first-order valence-electron chi connectivity index (χ1n) is 7.50. The van der Waals surface area contributed by atoms with Crippen molar-refractivity contribution in [2.24, 2.45) is 5.10 Å². The molecule has 1 saturated heterocycles. The van der Waals surface area contributed by atoms with Gasteiger partial charge in [0.1, 0.15) is 5.75 Å². The molecule has 0 radical (unpaired) electrons. The number of benzene rings is 2. The first-order chi connectivity index (χ1) is 13.3. The summed E-state index contributed by atoms with van der Waals surface area (Å²) in [6.45, 7) is 0. The van der Waals surface area contributed by atoms with E-state index in [-0.39, 0.29) is 21.3 Å². The van der Waals surface area contributed by atoms with Crippen molar-refractivity contribution in [3.8, 4) is 5.75 Å². The summed E-state index contributed by atoms with van der Waals surface area (Å²) < 4.78 is 0.169. The van der Waals surface area contributed by atoms with E-state index < -0.39 is 10.8 Å². The van der Waals surface area contributed by atoms with E-state index in [4.69, 9.17) is 35.4 Å². The van der Waals surface area contributed by atoms with Crippen molar-refractivity contribution in [2.45, 2.75) is 0 Å². The normalized spacial score (nSPS) is 15.8. The molecule has 0 atom stereocenters. The molecule has 3 rings (SSSR count). The number of nitro groups is 1. The molecular weight excluding hydrogens is 445 g/mol. The van der Waals surface area contributed by atoms with Crippen LogP contribution in [0.3, 0.4) is 0 Å². The molecule has 0 saturated carbocycles. The van der Waals surface area contributed by atoms with Gasteiger partial charge in [-0.25, -0.2) is 0 Å². The van der Waals surface area contributed by atoms with Gasteiger partial charge in [-0.05, 0) is 42.1 Å². The van der Waals surface area contributed by atoms with Crippen molar-refractivity contribution in [2.75, 3.05) is 0 Å². The largest absolute Gasteiger partial charge is 0.507 e. The summed E-state index contributed by atoms with van der Waals surface area (Å²) in [5, 5.41) is 26.5. The number of amides is 1. The highest BCUT2D eigenvalue weighted by Crippen LogP contribution is 2.34. The monoisotopic (exact) mass is 453 g/mol. The van der Waals surface area contributed by atoms with Crippen LogP contribution >= 0.6 is 47.2 Å². The van der Waals surface area contributed by atoms with Gasteiger partial charge < -0.3 is 5.11 Å².